The van der Waals surface area contributed by atoms with Gasteiger partial charge in [-0.05, 0) is 60.7 Å². The molecule has 4 rings (SSSR count). The molecule has 0 amide bonds. The molecular weight excluding hydrogens is 396 g/mol. The van der Waals surface area contributed by atoms with Crippen molar-refractivity contribution in [2.45, 2.75) is 0 Å². The third-order valence-electron chi connectivity index (χ3n) is 4.87. The normalized spacial score (nSPS) is 10.6. The molecule has 31 heavy (non-hydrogen) atoms. The minimum absolute atomic E-state index is 0.00858. The minimum Gasteiger partial charge on any atom is -0.497 e. The molecule has 1 heterocycles. The number of carbonyl (C=O) groups excluding carboxylic acids is 1. The van der Waals surface area contributed by atoms with Crippen LogP contribution in [0.2, 0.25) is 0 Å². The lowest BCUT2D eigenvalue weighted by molar-refractivity contribution is 0.0920. The van der Waals surface area contributed by atoms with Gasteiger partial charge < -0.3 is 18.6 Å². The Hall–Kier alpha value is -4.06. The Labute approximate surface area is 178 Å². The molecule has 0 spiro atoms. The molecule has 156 valence electrons. The van der Waals surface area contributed by atoms with Gasteiger partial charge in [0.1, 0.15) is 17.1 Å². The van der Waals surface area contributed by atoms with Crippen LogP contribution in [0.15, 0.2) is 82.0 Å². The van der Waals surface area contributed by atoms with E-state index in [9.17, 15) is 9.59 Å². The first-order valence-corrected chi connectivity index (χ1v) is 9.61. The summed E-state index contributed by atoms with van der Waals surface area (Å²) in [6, 6.07) is 20.7. The monoisotopic (exact) mass is 416 g/mol. The third-order valence-corrected chi connectivity index (χ3v) is 4.87. The average molecular weight is 416 g/mol. The minimum atomic E-state index is -0.338. The van der Waals surface area contributed by atoms with E-state index >= 15 is 0 Å². The second-order valence-corrected chi connectivity index (χ2v) is 6.75. The zero-order valence-electron chi connectivity index (χ0n) is 17.1. The van der Waals surface area contributed by atoms with Crippen LogP contribution in [0.5, 0.6) is 17.2 Å². The van der Waals surface area contributed by atoms with Gasteiger partial charge in [-0.1, -0.05) is 12.1 Å². The van der Waals surface area contributed by atoms with Crippen LogP contribution in [0, 0.1) is 0 Å². The van der Waals surface area contributed by atoms with Gasteiger partial charge in [0.2, 0.25) is 11.2 Å². The predicted octanol–water partition coefficient (Wildman–Crippen LogP) is 4.74. The van der Waals surface area contributed by atoms with Crippen molar-refractivity contribution >= 4 is 16.8 Å². The van der Waals surface area contributed by atoms with Crippen LogP contribution in [0.4, 0.5) is 0 Å². The SMILES string of the molecule is COc1ccc(C(=O)COc2c(-c3ccc(OC)cc3)oc3ccccc3c2=O)cc1. The highest BCUT2D eigenvalue weighted by atomic mass is 16.5. The highest BCUT2D eigenvalue weighted by molar-refractivity contribution is 5.97. The zero-order chi connectivity index (χ0) is 21.8. The fraction of sp³-hybridized carbons (Fsp3) is 0.120. The van der Waals surface area contributed by atoms with Gasteiger partial charge in [0.25, 0.3) is 0 Å². The summed E-state index contributed by atoms with van der Waals surface area (Å²) in [4.78, 5) is 25.7. The number of ether oxygens (including phenoxy) is 3. The summed E-state index contributed by atoms with van der Waals surface area (Å²) >= 11 is 0. The van der Waals surface area contributed by atoms with Crippen molar-refractivity contribution < 1.29 is 23.4 Å². The van der Waals surface area contributed by atoms with E-state index in [0.29, 0.717) is 33.6 Å². The molecule has 0 radical (unpaired) electrons. The van der Waals surface area contributed by atoms with E-state index in [1.54, 1.807) is 87.0 Å². The summed E-state index contributed by atoms with van der Waals surface area (Å²) in [5.41, 5.74) is 1.19. The molecule has 0 aliphatic carbocycles. The van der Waals surface area contributed by atoms with Gasteiger partial charge in [0.15, 0.2) is 18.2 Å². The first kappa shape index (κ1) is 20.2. The predicted molar refractivity (Wildman–Crippen MR) is 117 cm³/mol. The maximum absolute atomic E-state index is 13.1. The van der Waals surface area contributed by atoms with E-state index < -0.39 is 0 Å². The fourth-order valence-corrected chi connectivity index (χ4v) is 3.19. The fourth-order valence-electron chi connectivity index (χ4n) is 3.19. The Bertz CT molecular complexity index is 1270. The van der Waals surface area contributed by atoms with Crippen LogP contribution in [0.1, 0.15) is 10.4 Å². The number of carbonyl (C=O) groups is 1. The van der Waals surface area contributed by atoms with Crippen molar-refractivity contribution in [3.63, 3.8) is 0 Å². The summed E-state index contributed by atoms with van der Waals surface area (Å²) in [7, 11) is 3.13. The third kappa shape index (κ3) is 4.14. The van der Waals surface area contributed by atoms with Crippen molar-refractivity contribution in [2.24, 2.45) is 0 Å². The lowest BCUT2D eigenvalue weighted by Crippen LogP contribution is -2.17. The van der Waals surface area contributed by atoms with Crippen LogP contribution in [0.3, 0.4) is 0 Å². The van der Waals surface area contributed by atoms with Gasteiger partial charge in [-0.25, -0.2) is 0 Å². The summed E-state index contributed by atoms with van der Waals surface area (Å²) in [5.74, 6) is 1.30. The Morgan fingerprint density at radius 2 is 1.45 bits per heavy atom. The summed E-state index contributed by atoms with van der Waals surface area (Å²) in [5, 5.41) is 0.381. The number of fused-ring (bicyclic) bond motifs is 1. The van der Waals surface area contributed by atoms with E-state index in [2.05, 4.69) is 0 Å². The van der Waals surface area contributed by atoms with Crippen LogP contribution < -0.4 is 19.6 Å². The number of para-hydroxylation sites is 1. The highest BCUT2D eigenvalue weighted by Crippen LogP contribution is 2.32. The van der Waals surface area contributed by atoms with Crippen LogP contribution in [-0.2, 0) is 0 Å². The number of hydrogen-bond donors (Lipinski definition) is 0. The first-order valence-electron chi connectivity index (χ1n) is 9.61. The molecule has 0 aliphatic heterocycles. The first-order chi connectivity index (χ1) is 15.1. The Morgan fingerprint density at radius 1 is 0.839 bits per heavy atom. The molecule has 6 nitrogen and oxygen atoms in total. The van der Waals surface area contributed by atoms with Crippen LogP contribution in [0.25, 0.3) is 22.3 Å². The van der Waals surface area contributed by atoms with Crippen molar-refractivity contribution in [1.82, 2.24) is 0 Å². The average Bonchev–Trinajstić information content (AvgIpc) is 2.83. The van der Waals surface area contributed by atoms with Crippen molar-refractivity contribution in [1.29, 1.82) is 0 Å². The van der Waals surface area contributed by atoms with Gasteiger partial charge in [0, 0.05) is 11.1 Å². The maximum Gasteiger partial charge on any atom is 0.235 e. The Balaban J connectivity index is 1.71. The number of hydrogen-bond acceptors (Lipinski definition) is 6. The Morgan fingerprint density at radius 3 is 2.10 bits per heavy atom. The summed E-state index contributed by atoms with van der Waals surface area (Å²) in [6.07, 6.45) is 0. The molecule has 0 saturated heterocycles. The van der Waals surface area contributed by atoms with E-state index in [4.69, 9.17) is 18.6 Å². The van der Waals surface area contributed by atoms with Gasteiger partial charge in [0.05, 0.1) is 19.6 Å². The molecule has 0 unspecified atom stereocenters. The number of methoxy groups -OCH3 is 2. The van der Waals surface area contributed by atoms with Gasteiger partial charge >= 0.3 is 0 Å². The largest absolute Gasteiger partial charge is 0.497 e. The van der Waals surface area contributed by atoms with E-state index in [1.807, 2.05) is 0 Å². The molecule has 0 atom stereocenters. The van der Waals surface area contributed by atoms with Gasteiger partial charge in [-0.3, -0.25) is 9.59 Å². The van der Waals surface area contributed by atoms with Crippen molar-refractivity contribution in [3.8, 4) is 28.6 Å². The topological polar surface area (TPSA) is 75.0 Å². The van der Waals surface area contributed by atoms with Crippen LogP contribution >= 0.6 is 0 Å². The molecule has 0 aliphatic rings. The zero-order valence-corrected chi connectivity index (χ0v) is 17.1. The van der Waals surface area contributed by atoms with E-state index in [-0.39, 0.29) is 29.3 Å². The van der Waals surface area contributed by atoms with Gasteiger partial charge in [-0.2, -0.15) is 0 Å². The number of benzene rings is 3. The van der Waals surface area contributed by atoms with Crippen LogP contribution in [-0.4, -0.2) is 26.6 Å². The number of Topliss-reactive ketones (excluding diaryl/α,β-unsaturated/α-hetero) is 1. The van der Waals surface area contributed by atoms with E-state index in [1.165, 1.54) is 0 Å². The van der Waals surface area contributed by atoms with E-state index in [0.717, 1.165) is 0 Å². The standard InChI is InChI=1S/C25H20O6/c1-28-18-11-7-16(8-12-18)21(26)15-30-25-23(27)20-5-3-4-6-22(20)31-24(25)17-9-13-19(29-2)14-10-17/h3-14H,15H2,1-2H3. The maximum atomic E-state index is 13.1. The summed E-state index contributed by atoms with van der Waals surface area (Å²) < 4.78 is 22.1. The molecule has 3 aromatic carbocycles. The van der Waals surface area contributed by atoms with Crippen molar-refractivity contribution in [2.75, 3.05) is 20.8 Å². The molecule has 1 aromatic heterocycles. The van der Waals surface area contributed by atoms with Gasteiger partial charge in [-0.15, -0.1) is 0 Å². The molecule has 4 aromatic rings. The lowest BCUT2D eigenvalue weighted by Gasteiger charge is -2.12. The second-order valence-electron chi connectivity index (χ2n) is 6.75. The molecule has 0 bridgehead atoms. The quantitative estimate of drug-likeness (QED) is 0.405. The molecule has 0 fully saturated rings. The molecular formula is C25H20O6. The Kier molecular flexibility index (Phi) is 5.71. The molecule has 0 saturated carbocycles. The summed E-state index contributed by atoms with van der Waals surface area (Å²) in [6.45, 7) is -0.307. The number of ketones is 1. The highest BCUT2D eigenvalue weighted by Gasteiger charge is 2.19. The lowest BCUT2D eigenvalue weighted by atomic mass is 10.1. The second kappa shape index (κ2) is 8.75. The molecule has 0 N–H and O–H groups in total. The molecule has 6 heteroatoms. The number of rotatable bonds is 7. The van der Waals surface area contributed by atoms with Crippen molar-refractivity contribution in [3.05, 3.63) is 88.6 Å². The smallest absolute Gasteiger partial charge is 0.235 e.